The highest BCUT2D eigenvalue weighted by molar-refractivity contribution is 6.33. The van der Waals surface area contributed by atoms with E-state index in [1.54, 1.807) is 18.2 Å². The SMILES string of the molecule is CCCCOCC(=O)Nc1cc(N)ccc1Cl. The average Bonchev–Trinajstić information content (AvgIpc) is 2.29. The normalized spacial score (nSPS) is 10.2. The number of nitrogens with two attached hydrogens (primary N) is 1. The maximum atomic E-state index is 11.5. The van der Waals surface area contributed by atoms with Gasteiger partial charge >= 0.3 is 0 Å². The minimum atomic E-state index is -0.228. The first-order valence-corrected chi connectivity index (χ1v) is 5.94. The molecule has 4 nitrogen and oxygen atoms in total. The number of rotatable bonds is 6. The average molecular weight is 257 g/mol. The van der Waals surface area contributed by atoms with Gasteiger partial charge in [0.15, 0.2) is 0 Å². The summed E-state index contributed by atoms with van der Waals surface area (Å²) in [6, 6.07) is 4.94. The van der Waals surface area contributed by atoms with Crippen molar-refractivity contribution in [2.24, 2.45) is 0 Å². The van der Waals surface area contributed by atoms with Crippen LogP contribution in [0.1, 0.15) is 19.8 Å². The Morgan fingerprint density at radius 2 is 2.29 bits per heavy atom. The zero-order valence-electron chi connectivity index (χ0n) is 9.83. The van der Waals surface area contributed by atoms with Crippen LogP contribution in [0.3, 0.4) is 0 Å². The summed E-state index contributed by atoms with van der Waals surface area (Å²) in [4.78, 5) is 11.5. The van der Waals surface area contributed by atoms with E-state index in [2.05, 4.69) is 12.2 Å². The van der Waals surface area contributed by atoms with Crippen LogP contribution in [0.25, 0.3) is 0 Å². The molecule has 0 aliphatic carbocycles. The predicted octanol–water partition coefficient (Wildman–Crippen LogP) is 2.68. The maximum absolute atomic E-state index is 11.5. The Kier molecular flexibility index (Phi) is 5.80. The van der Waals surface area contributed by atoms with E-state index in [9.17, 15) is 4.79 Å². The fraction of sp³-hybridized carbons (Fsp3) is 0.417. The number of carbonyl (C=O) groups is 1. The molecule has 0 radical (unpaired) electrons. The summed E-state index contributed by atoms with van der Waals surface area (Å²) in [5.74, 6) is -0.228. The van der Waals surface area contributed by atoms with Crippen LogP contribution in [0, 0.1) is 0 Å². The van der Waals surface area contributed by atoms with E-state index in [4.69, 9.17) is 22.1 Å². The minimum absolute atomic E-state index is 0.0329. The second-order valence-corrected chi connectivity index (χ2v) is 4.10. The van der Waals surface area contributed by atoms with E-state index in [1.807, 2.05) is 0 Å². The molecule has 0 unspecified atom stereocenters. The summed E-state index contributed by atoms with van der Waals surface area (Å²) in [5.41, 5.74) is 6.66. The number of ether oxygens (including phenoxy) is 1. The summed E-state index contributed by atoms with van der Waals surface area (Å²) in [6.07, 6.45) is 2.00. The number of hydrogen-bond donors (Lipinski definition) is 2. The van der Waals surface area contributed by atoms with Crippen LogP contribution in [0.4, 0.5) is 11.4 Å². The zero-order chi connectivity index (χ0) is 12.7. The molecular weight excluding hydrogens is 240 g/mol. The van der Waals surface area contributed by atoms with Crippen LogP contribution < -0.4 is 11.1 Å². The van der Waals surface area contributed by atoms with Crippen molar-refractivity contribution in [1.82, 2.24) is 0 Å². The lowest BCUT2D eigenvalue weighted by atomic mass is 10.3. The second-order valence-electron chi connectivity index (χ2n) is 3.69. The number of unbranched alkanes of at least 4 members (excludes halogenated alkanes) is 1. The lowest BCUT2D eigenvalue weighted by Crippen LogP contribution is -2.18. The van der Waals surface area contributed by atoms with E-state index < -0.39 is 0 Å². The highest BCUT2D eigenvalue weighted by atomic mass is 35.5. The molecule has 0 atom stereocenters. The number of hydrogen-bond acceptors (Lipinski definition) is 3. The van der Waals surface area contributed by atoms with Gasteiger partial charge < -0.3 is 15.8 Å². The molecule has 0 heterocycles. The van der Waals surface area contributed by atoms with Crippen LogP contribution in [0.5, 0.6) is 0 Å². The van der Waals surface area contributed by atoms with Crippen molar-refractivity contribution >= 4 is 28.9 Å². The minimum Gasteiger partial charge on any atom is -0.399 e. The first kappa shape index (κ1) is 13.8. The predicted molar refractivity (Wildman–Crippen MR) is 70.2 cm³/mol. The van der Waals surface area contributed by atoms with Gasteiger partial charge in [-0.2, -0.15) is 0 Å². The van der Waals surface area contributed by atoms with Crippen molar-refractivity contribution < 1.29 is 9.53 Å². The zero-order valence-corrected chi connectivity index (χ0v) is 10.6. The number of halogens is 1. The van der Waals surface area contributed by atoms with Crippen molar-refractivity contribution in [3.05, 3.63) is 23.2 Å². The Morgan fingerprint density at radius 1 is 1.53 bits per heavy atom. The highest BCUT2D eigenvalue weighted by Gasteiger charge is 2.06. The van der Waals surface area contributed by atoms with Gasteiger partial charge in [-0.3, -0.25) is 4.79 Å². The van der Waals surface area contributed by atoms with Gasteiger partial charge in [0.25, 0.3) is 0 Å². The summed E-state index contributed by atoms with van der Waals surface area (Å²) in [5, 5.41) is 3.11. The van der Waals surface area contributed by atoms with Crippen LogP contribution in [-0.4, -0.2) is 19.1 Å². The molecule has 3 N–H and O–H groups in total. The third kappa shape index (κ3) is 5.06. The largest absolute Gasteiger partial charge is 0.399 e. The van der Waals surface area contributed by atoms with Gasteiger partial charge in [0.05, 0.1) is 10.7 Å². The number of carbonyl (C=O) groups excluding carboxylic acids is 1. The lowest BCUT2D eigenvalue weighted by Gasteiger charge is -2.08. The van der Waals surface area contributed by atoms with Gasteiger partial charge in [-0.1, -0.05) is 24.9 Å². The lowest BCUT2D eigenvalue weighted by molar-refractivity contribution is -0.120. The fourth-order valence-electron chi connectivity index (χ4n) is 1.24. The molecule has 0 spiro atoms. The summed E-state index contributed by atoms with van der Waals surface area (Å²) in [7, 11) is 0. The Bertz CT molecular complexity index is 383. The van der Waals surface area contributed by atoms with Crippen molar-refractivity contribution in [3.63, 3.8) is 0 Å². The third-order valence-corrected chi connectivity index (χ3v) is 2.47. The smallest absolute Gasteiger partial charge is 0.250 e. The topological polar surface area (TPSA) is 64.3 Å². The van der Waals surface area contributed by atoms with Gasteiger partial charge in [-0.05, 0) is 24.6 Å². The molecule has 5 heteroatoms. The number of nitrogens with one attached hydrogen (secondary N) is 1. The van der Waals surface area contributed by atoms with Crippen molar-refractivity contribution in [2.75, 3.05) is 24.3 Å². The van der Waals surface area contributed by atoms with Gasteiger partial charge in [0.2, 0.25) is 5.91 Å². The van der Waals surface area contributed by atoms with E-state index in [-0.39, 0.29) is 12.5 Å². The van der Waals surface area contributed by atoms with Crippen LogP contribution in [-0.2, 0) is 9.53 Å². The number of anilines is 2. The molecule has 0 saturated carbocycles. The molecule has 0 fully saturated rings. The van der Waals surface area contributed by atoms with Crippen molar-refractivity contribution in [1.29, 1.82) is 0 Å². The van der Waals surface area contributed by atoms with Crippen LogP contribution >= 0.6 is 11.6 Å². The molecule has 0 aromatic heterocycles. The van der Waals surface area contributed by atoms with E-state index in [0.29, 0.717) is 23.0 Å². The second kappa shape index (κ2) is 7.14. The Morgan fingerprint density at radius 3 is 3.00 bits per heavy atom. The van der Waals surface area contributed by atoms with Gasteiger partial charge in [-0.15, -0.1) is 0 Å². The summed E-state index contributed by atoms with van der Waals surface area (Å²) >= 11 is 5.91. The quantitative estimate of drug-likeness (QED) is 0.608. The van der Waals surface area contributed by atoms with Crippen LogP contribution in [0.15, 0.2) is 18.2 Å². The van der Waals surface area contributed by atoms with E-state index in [1.165, 1.54) is 0 Å². The molecule has 0 aliphatic heterocycles. The fourth-order valence-corrected chi connectivity index (χ4v) is 1.40. The molecule has 17 heavy (non-hydrogen) atoms. The summed E-state index contributed by atoms with van der Waals surface area (Å²) in [6.45, 7) is 2.69. The Hall–Kier alpha value is -1.26. The monoisotopic (exact) mass is 256 g/mol. The first-order chi connectivity index (χ1) is 8.13. The maximum Gasteiger partial charge on any atom is 0.250 e. The van der Waals surface area contributed by atoms with E-state index >= 15 is 0 Å². The molecule has 1 aromatic carbocycles. The number of nitrogen functional groups attached to an aromatic ring is 1. The molecular formula is C12H17ClN2O2. The van der Waals surface area contributed by atoms with Gasteiger partial charge in [0.1, 0.15) is 6.61 Å². The molecule has 0 saturated heterocycles. The summed E-state index contributed by atoms with van der Waals surface area (Å²) < 4.78 is 5.19. The Balaban J connectivity index is 2.42. The molecule has 94 valence electrons. The van der Waals surface area contributed by atoms with Crippen molar-refractivity contribution in [3.8, 4) is 0 Å². The highest BCUT2D eigenvalue weighted by Crippen LogP contribution is 2.23. The number of amides is 1. The molecule has 1 aromatic rings. The number of benzene rings is 1. The van der Waals surface area contributed by atoms with Gasteiger partial charge in [-0.25, -0.2) is 0 Å². The Labute approximate surface area is 106 Å². The van der Waals surface area contributed by atoms with Crippen LogP contribution in [0.2, 0.25) is 5.02 Å². The van der Waals surface area contributed by atoms with Crippen molar-refractivity contribution in [2.45, 2.75) is 19.8 Å². The molecule has 0 bridgehead atoms. The van der Waals surface area contributed by atoms with E-state index in [0.717, 1.165) is 12.8 Å². The third-order valence-electron chi connectivity index (χ3n) is 2.14. The first-order valence-electron chi connectivity index (χ1n) is 5.56. The molecule has 1 amide bonds. The molecule has 0 aliphatic rings. The molecule has 1 rings (SSSR count). The van der Waals surface area contributed by atoms with Gasteiger partial charge in [0, 0.05) is 12.3 Å². The standard InChI is InChI=1S/C12H17ClN2O2/c1-2-3-6-17-8-12(16)15-11-7-9(14)4-5-10(11)13/h4-5,7H,2-3,6,8,14H2,1H3,(H,15,16).